The van der Waals surface area contributed by atoms with Crippen molar-refractivity contribution in [2.75, 3.05) is 0 Å². The van der Waals surface area contributed by atoms with Crippen molar-refractivity contribution in [2.45, 2.75) is 51.1 Å². The molecule has 4 rings (SSSR count). The van der Waals surface area contributed by atoms with Crippen LogP contribution in [0, 0.1) is 0 Å². The van der Waals surface area contributed by atoms with Crippen LogP contribution in [0.3, 0.4) is 0 Å². The van der Waals surface area contributed by atoms with E-state index in [0.29, 0.717) is 22.1 Å². The molecular formula is C25H27B2N3O11. The highest BCUT2D eigenvalue weighted by molar-refractivity contribution is 6.62. The van der Waals surface area contributed by atoms with Gasteiger partial charge in [0.2, 0.25) is 5.91 Å². The molecule has 41 heavy (non-hydrogen) atoms. The van der Waals surface area contributed by atoms with Crippen LogP contribution in [0.25, 0.3) is 0 Å². The van der Waals surface area contributed by atoms with Gasteiger partial charge >= 0.3 is 26.2 Å². The summed E-state index contributed by atoms with van der Waals surface area (Å²) in [6.07, 6.45) is -0.950. The third-order valence-electron chi connectivity index (χ3n) is 6.83. The summed E-state index contributed by atoms with van der Waals surface area (Å²) in [5.41, 5.74) is 2.39. The van der Waals surface area contributed by atoms with Gasteiger partial charge in [-0.05, 0) is 59.7 Å². The summed E-state index contributed by atoms with van der Waals surface area (Å²) in [7, 11) is -2.42. The summed E-state index contributed by atoms with van der Waals surface area (Å²) in [5.74, 6) is -5.13. The van der Waals surface area contributed by atoms with Crippen LogP contribution in [0.1, 0.15) is 51.6 Å². The number of carboxylic acids is 2. The maximum absolute atomic E-state index is 13.3. The second-order valence-electron chi connectivity index (χ2n) is 9.70. The number of amides is 3. The number of benzene rings is 2. The number of carbonyl (C=O) groups is 5. The van der Waals surface area contributed by atoms with Crippen LogP contribution in [-0.4, -0.2) is 82.3 Å². The minimum Gasteiger partial charge on any atom is -0.481 e. The fourth-order valence-corrected chi connectivity index (χ4v) is 4.51. The molecule has 0 bridgehead atoms. The molecular weight excluding hydrogens is 540 g/mol. The molecule has 214 valence electrons. The van der Waals surface area contributed by atoms with Gasteiger partial charge in [-0.25, -0.2) is 4.79 Å². The largest absolute Gasteiger partial charge is 0.491 e. The van der Waals surface area contributed by atoms with Crippen molar-refractivity contribution < 1.29 is 53.5 Å². The zero-order chi connectivity index (χ0) is 29.8. The molecule has 0 saturated carbocycles. The van der Waals surface area contributed by atoms with Crippen molar-refractivity contribution in [2.24, 2.45) is 0 Å². The van der Waals surface area contributed by atoms with Gasteiger partial charge in [0.25, 0.3) is 11.8 Å². The molecule has 2 aliphatic rings. The second-order valence-corrected chi connectivity index (χ2v) is 9.70. The predicted molar refractivity (Wildman–Crippen MR) is 142 cm³/mol. The predicted octanol–water partition coefficient (Wildman–Crippen LogP) is -2.53. The lowest BCUT2D eigenvalue weighted by atomic mass is 9.78. The van der Waals surface area contributed by atoms with Crippen LogP contribution < -0.4 is 26.9 Å². The average Bonchev–Trinajstić information content (AvgIpc) is 3.50. The van der Waals surface area contributed by atoms with Crippen LogP contribution >= 0.6 is 0 Å². The Balaban J connectivity index is 1.55. The molecule has 3 amide bonds. The van der Waals surface area contributed by atoms with Gasteiger partial charge < -0.3 is 45.5 Å². The quantitative estimate of drug-likeness (QED) is 0.140. The fourth-order valence-electron chi connectivity index (χ4n) is 4.51. The summed E-state index contributed by atoms with van der Waals surface area (Å²) in [4.78, 5) is 62.1. The van der Waals surface area contributed by atoms with Crippen LogP contribution in [0.4, 0.5) is 0 Å². The van der Waals surface area contributed by atoms with Gasteiger partial charge in [0, 0.05) is 17.5 Å². The van der Waals surface area contributed by atoms with Crippen molar-refractivity contribution in [3.05, 3.63) is 58.7 Å². The maximum atomic E-state index is 13.3. The molecule has 2 aromatic rings. The van der Waals surface area contributed by atoms with Crippen molar-refractivity contribution in [1.29, 1.82) is 0 Å². The lowest BCUT2D eigenvalue weighted by Gasteiger charge is -2.27. The Morgan fingerprint density at radius 3 is 1.83 bits per heavy atom. The molecule has 2 heterocycles. The smallest absolute Gasteiger partial charge is 0.481 e. The molecule has 0 aromatic heterocycles. The van der Waals surface area contributed by atoms with E-state index in [9.17, 15) is 39.1 Å². The normalized spacial score (nSPS) is 15.8. The van der Waals surface area contributed by atoms with Crippen LogP contribution in [0.2, 0.25) is 0 Å². The van der Waals surface area contributed by atoms with Gasteiger partial charge in [0.1, 0.15) is 12.1 Å². The third kappa shape index (κ3) is 6.92. The van der Waals surface area contributed by atoms with E-state index in [1.165, 1.54) is 31.2 Å². The van der Waals surface area contributed by atoms with Gasteiger partial charge in [-0.3, -0.25) is 19.2 Å². The first-order valence-corrected chi connectivity index (χ1v) is 12.7. The third-order valence-corrected chi connectivity index (χ3v) is 6.83. The Labute approximate surface area is 234 Å². The summed E-state index contributed by atoms with van der Waals surface area (Å²) < 4.78 is 10.3. The Hall–Kier alpha value is -4.24. The first kappa shape index (κ1) is 29.7. The molecule has 14 nitrogen and oxygen atoms in total. The van der Waals surface area contributed by atoms with Gasteiger partial charge in [0.05, 0.1) is 19.3 Å². The highest BCUT2D eigenvalue weighted by Crippen LogP contribution is 2.14. The monoisotopic (exact) mass is 567 g/mol. The van der Waals surface area contributed by atoms with Crippen LogP contribution in [0.5, 0.6) is 0 Å². The molecule has 0 spiro atoms. The summed E-state index contributed by atoms with van der Waals surface area (Å²) in [6.45, 7) is 1.76. The zero-order valence-corrected chi connectivity index (χ0v) is 21.8. The van der Waals surface area contributed by atoms with E-state index >= 15 is 0 Å². The van der Waals surface area contributed by atoms with Crippen LogP contribution in [0.15, 0.2) is 36.4 Å². The molecule has 0 radical (unpaired) electrons. The highest BCUT2D eigenvalue weighted by Gasteiger charge is 2.34. The van der Waals surface area contributed by atoms with Crippen molar-refractivity contribution >= 4 is 54.8 Å². The van der Waals surface area contributed by atoms with Gasteiger partial charge in [-0.1, -0.05) is 12.1 Å². The Morgan fingerprint density at radius 2 is 1.34 bits per heavy atom. The first-order chi connectivity index (χ1) is 19.4. The number of carbonyl (C=O) groups excluding carboxylic acids is 3. The van der Waals surface area contributed by atoms with Crippen molar-refractivity contribution in [1.82, 2.24) is 16.0 Å². The van der Waals surface area contributed by atoms with E-state index in [0.717, 1.165) is 0 Å². The molecule has 2 aromatic carbocycles. The number of carboxylic acid groups (broad SMARTS) is 2. The number of rotatable bonds is 11. The van der Waals surface area contributed by atoms with Gasteiger partial charge in [-0.15, -0.1) is 0 Å². The Bertz CT molecular complexity index is 1390. The van der Waals surface area contributed by atoms with Gasteiger partial charge in [0.15, 0.2) is 0 Å². The number of fused-ring (bicyclic) bond motifs is 2. The highest BCUT2D eigenvalue weighted by atomic mass is 16.5. The van der Waals surface area contributed by atoms with E-state index < -0.39 is 74.9 Å². The topological polar surface area (TPSA) is 221 Å². The van der Waals surface area contributed by atoms with Crippen LogP contribution in [-0.2, 0) is 36.9 Å². The number of hydrogen-bond donors (Lipinski definition) is 7. The Morgan fingerprint density at radius 1 is 0.829 bits per heavy atom. The standard InChI is InChI=1S/C25H27B2N3O11/c1-12(28-22(33)13-2-4-15-10-40-26(38)17(15)8-13)21(24(35)29-19(25(36)37)6-7-20(31)32)30-23(34)14-3-5-16-11-41-27(39)18(16)9-14/h2-5,8-9,12,19,21,38-39H,6-7,10-11H2,1H3,(H,28,33)(H,29,35)(H,30,34)(H,31,32)(H,36,37)/t12-,19-,21-/m0/s1. The van der Waals surface area contributed by atoms with E-state index in [1.807, 2.05) is 0 Å². The minimum absolute atomic E-state index is 0.0675. The number of nitrogens with one attached hydrogen (secondary N) is 3. The molecule has 16 heteroatoms. The fraction of sp³-hybridized carbons (Fsp3) is 0.320. The summed E-state index contributed by atoms with van der Waals surface area (Å²) in [5, 5.41) is 45.7. The number of hydrogen-bond acceptors (Lipinski definition) is 9. The SMILES string of the molecule is C[C@H](NC(=O)c1ccc2c(c1)B(O)OC2)[C@H](NC(=O)c1ccc2c(c1)B(O)OC2)C(=O)N[C@@H](CCC(=O)O)C(=O)O. The molecule has 0 aliphatic carbocycles. The van der Waals surface area contributed by atoms with E-state index in [-0.39, 0.29) is 24.3 Å². The van der Waals surface area contributed by atoms with E-state index in [2.05, 4.69) is 16.0 Å². The molecule has 3 atom stereocenters. The molecule has 0 fully saturated rings. The average molecular weight is 567 g/mol. The molecule has 0 saturated heterocycles. The summed E-state index contributed by atoms with van der Waals surface area (Å²) >= 11 is 0. The van der Waals surface area contributed by atoms with E-state index in [4.69, 9.17) is 14.4 Å². The second kappa shape index (κ2) is 12.5. The van der Waals surface area contributed by atoms with Crippen molar-refractivity contribution in [3.63, 3.8) is 0 Å². The zero-order valence-electron chi connectivity index (χ0n) is 21.8. The maximum Gasteiger partial charge on any atom is 0.491 e. The lowest BCUT2D eigenvalue weighted by Crippen LogP contribution is -2.59. The number of aliphatic carboxylic acids is 2. The summed E-state index contributed by atoms with van der Waals surface area (Å²) in [6, 6.07) is 4.81. The van der Waals surface area contributed by atoms with E-state index in [1.54, 1.807) is 12.1 Å². The van der Waals surface area contributed by atoms with Gasteiger partial charge in [-0.2, -0.15) is 0 Å². The Kier molecular flexibility index (Phi) is 9.08. The van der Waals surface area contributed by atoms with Crippen molar-refractivity contribution in [3.8, 4) is 0 Å². The molecule has 0 unspecified atom stereocenters. The molecule has 7 N–H and O–H groups in total. The minimum atomic E-state index is -1.58. The first-order valence-electron chi connectivity index (χ1n) is 12.7. The molecule has 2 aliphatic heterocycles. The lowest BCUT2D eigenvalue weighted by molar-refractivity contribution is -0.143.